The molecule has 1 aromatic carbocycles. The highest BCUT2D eigenvalue weighted by Gasteiger charge is 2.19. The second kappa shape index (κ2) is 11.1. The van der Waals surface area contributed by atoms with Gasteiger partial charge in [0.1, 0.15) is 0 Å². The van der Waals surface area contributed by atoms with Crippen LogP contribution in [0.2, 0.25) is 0 Å². The first-order valence-electron chi connectivity index (χ1n) is 9.67. The molecule has 1 aromatic rings. The maximum absolute atomic E-state index is 12.6. The zero-order valence-electron chi connectivity index (χ0n) is 16.9. The number of hydrogen-bond donors (Lipinski definition) is 2. The number of anilines is 1. The average molecular weight is 407 g/mol. The Bertz CT molecular complexity index is 690. The molecule has 1 fully saturated rings. The van der Waals surface area contributed by atoms with Crippen molar-refractivity contribution in [2.24, 2.45) is 0 Å². The number of hydrogen-bond acceptors (Lipinski definition) is 5. The lowest BCUT2D eigenvalue weighted by Crippen LogP contribution is -2.42. The van der Waals surface area contributed by atoms with Crippen LogP contribution < -0.4 is 10.6 Å². The van der Waals surface area contributed by atoms with Crippen molar-refractivity contribution in [3.05, 3.63) is 29.8 Å². The minimum absolute atomic E-state index is 0.00283. The Labute approximate surface area is 171 Å². The lowest BCUT2D eigenvalue weighted by molar-refractivity contribution is -0.123. The van der Waals surface area contributed by atoms with Crippen LogP contribution in [-0.2, 0) is 9.59 Å². The van der Waals surface area contributed by atoms with Crippen molar-refractivity contribution in [2.45, 2.75) is 26.8 Å². The smallest absolute Gasteiger partial charge is 0.253 e. The molecule has 0 unspecified atom stereocenters. The first-order chi connectivity index (χ1) is 13.4. The molecule has 1 aliphatic rings. The van der Waals surface area contributed by atoms with Gasteiger partial charge in [-0.05, 0) is 38.6 Å². The topological polar surface area (TPSA) is 81.8 Å². The number of nitrogens with one attached hydrogen (secondary N) is 2. The van der Waals surface area contributed by atoms with Gasteiger partial charge in [-0.25, -0.2) is 0 Å². The summed E-state index contributed by atoms with van der Waals surface area (Å²) in [7, 11) is 0. The SMILES string of the molecule is CCN(CC(=O)Nc1cccc(C(=O)N2CCSCC2)c1)CC(=O)NC(C)C. The molecule has 2 rings (SSSR count). The Morgan fingerprint density at radius 2 is 1.82 bits per heavy atom. The number of thioether (sulfide) groups is 1. The molecule has 2 N–H and O–H groups in total. The van der Waals surface area contributed by atoms with Gasteiger partial charge >= 0.3 is 0 Å². The van der Waals surface area contributed by atoms with E-state index in [9.17, 15) is 14.4 Å². The van der Waals surface area contributed by atoms with Crippen molar-refractivity contribution in [2.75, 3.05) is 49.5 Å². The molecule has 0 aliphatic carbocycles. The first kappa shape index (κ1) is 22.2. The Hall–Kier alpha value is -2.06. The van der Waals surface area contributed by atoms with E-state index in [1.807, 2.05) is 37.4 Å². The molecule has 7 nitrogen and oxygen atoms in total. The molecule has 0 spiro atoms. The van der Waals surface area contributed by atoms with E-state index in [0.29, 0.717) is 17.8 Å². The standard InChI is InChI=1S/C20H30N4O3S/c1-4-23(13-18(25)21-15(2)3)14-19(26)22-17-7-5-6-16(12-17)20(27)24-8-10-28-11-9-24/h5-7,12,15H,4,8-11,13-14H2,1-3H3,(H,21,25)(H,22,26). The number of rotatable bonds is 8. The molecule has 1 saturated heterocycles. The predicted octanol–water partition coefficient (Wildman–Crippen LogP) is 1.66. The van der Waals surface area contributed by atoms with Crippen molar-refractivity contribution < 1.29 is 14.4 Å². The van der Waals surface area contributed by atoms with Gasteiger partial charge in [-0.1, -0.05) is 13.0 Å². The Morgan fingerprint density at radius 3 is 2.46 bits per heavy atom. The second-order valence-electron chi connectivity index (χ2n) is 7.06. The molecule has 0 saturated carbocycles. The van der Waals surface area contributed by atoms with Crippen LogP contribution in [0.4, 0.5) is 5.69 Å². The molecular formula is C20H30N4O3S. The van der Waals surface area contributed by atoms with Crippen LogP contribution in [0.25, 0.3) is 0 Å². The number of carbonyl (C=O) groups is 3. The molecule has 0 atom stereocenters. The highest BCUT2D eigenvalue weighted by molar-refractivity contribution is 7.99. The van der Waals surface area contributed by atoms with Gasteiger partial charge in [0.05, 0.1) is 13.1 Å². The molecule has 0 bridgehead atoms. The lowest BCUT2D eigenvalue weighted by Gasteiger charge is -2.26. The molecule has 8 heteroatoms. The molecular weight excluding hydrogens is 376 g/mol. The monoisotopic (exact) mass is 406 g/mol. The third kappa shape index (κ3) is 7.16. The van der Waals surface area contributed by atoms with E-state index in [2.05, 4.69) is 10.6 Å². The largest absolute Gasteiger partial charge is 0.353 e. The van der Waals surface area contributed by atoms with Gasteiger partial charge in [0.2, 0.25) is 11.8 Å². The average Bonchev–Trinajstić information content (AvgIpc) is 2.67. The maximum Gasteiger partial charge on any atom is 0.253 e. The summed E-state index contributed by atoms with van der Waals surface area (Å²) in [5.74, 6) is 1.60. The summed E-state index contributed by atoms with van der Waals surface area (Å²) in [6.07, 6.45) is 0. The van der Waals surface area contributed by atoms with Crippen molar-refractivity contribution in [1.29, 1.82) is 0 Å². The minimum atomic E-state index is -0.210. The molecule has 154 valence electrons. The number of amides is 3. The summed E-state index contributed by atoms with van der Waals surface area (Å²) in [4.78, 5) is 40.5. The third-order valence-corrected chi connectivity index (χ3v) is 5.27. The Morgan fingerprint density at radius 1 is 1.14 bits per heavy atom. The van der Waals surface area contributed by atoms with Gasteiger partial charge < -0.3 is 15.5 Å². The fraction of sp³-hybridized carbons (Fsp3) is 0.550. The van der Waals surface area contributed by atoms with E-state index >= 15 is 0 Å². The first-order valence-corrected chi connectivity index (χ1v) is 10.8. The van der Waals surface area contributed by atoms with Crippen LogP contribution in [0, 0.1) is 0 Å². The summed E-state index contributed by atoms with van der Waals surface area (Å²) >= 11 is 1.85. The van der Waals surface area contributed by atoms with Gasteiger partial charge in [-0.3, -0.25) is 19.3 Å². The fourth-order valence-corrected chi connectivity index (χ4v) is 3.84. The Balaban J connectivity index is 1.92. The van der Waals surface area contributed by atoms with Gasteiger partial charge in [-0.2, -0.15) is 11.8 Å². The van der Waals surface area contributed by atoms with E-state index in [0.717, 1.165) is 24.6 Å². The van der Waals surface area contributed by atoms with Crippen LogP contribution >= 0.6 is 11.8 Å². The number of nitrogens with zero attached hydrogens (tertiary/aromatic N) is 2. The molecule has 1 heterocycles. The minimum Gasteiger partial charge on any atom is -0.353 e. The zero-order chi connectivity index (χ0) is 20.5. The zero-order valence-corrected chi connectivity index (χ0v) is 17.7. The van der Waals surface area contributed by atoms with Crippen molar-refractivity contribution in [3.8, 4) is 0 Å². The van der Waals surface area contributed by atoms with Gasteiger partial charge in [-0.15, -0.1) is 0 Å². The normalized spacial score (nSPS) is 14.2. The van der Waals surface area contributed by atoms with Crippen LogP contribution in [0.5, 0.6) is 0 Å². The van der Waals surface area contributed by atoms with E-state index in [1.165, 1.54) is 0 Å². The summed E-state index contributed by atoms with van der Waals surface area (Å²) in [5, 5.41) is 5.66. The van der Waals surface area contributed by atoms with Crippen molar-refractivity contribution in [1.82, 2.24) is 15.1 Å². The van der Waals surface area contributed by atoms with Crippen LogP contribution in [-0.4, -0.2) is 77.8 Å². The summed E-state index contributed by atoms with van der Waals surface area (Å²) in [6.45, 7) is 8.09. The molecule has 3 amide bonds. The quantitative estimate of drug-likeness (QED) is 0.686. The Kier molecular flexibility index (Phi) is 8.79. The number of benzene rings is 1. The summed E-state index contributed by atoms with van der Waals surface area (Å²) < 4.78 is 0. The van der Waals surface area contributed by atoms with E-state index in [1.54, 1.807) is 29.2 Å². The number of likely N-dealkylation sites (N-methyl/N-ethyl adjacent to an activating group) is 1. The molecule has 1 aliphatic heterocycles. The van der Waals surface area contributed by atoms with Crippen LogP contribution in [0.15, 0.2) is 24.3 Å². The van der Waals surface area contributed by atoms with Gasteiger partial charge in [0.25, 0.3) is 5.91 Å². The van der Waals surface area contributed by atoms with Crippen molar-refractivity contribution in [3.63, 3.8) is 0 Å². The van der Waals surface area contributed by atoms with Crippen molar-refractivity contribution >= 4 is 35.2 Å². The van der Waals surface area contributed by atoms with Crippen LogP contribution in [0.1, 0.15) is 31.1 Å². The maximum atomic E-state index is 12.6. The highest BCUT2D eigenvalue weighted by atomic mass is 32.2. The van der Waals surface area contributed by atoms with Gasteiger partial charge in [0, 0.05) is 41.9 Å². The predicted molar refractivity (Wildman–Crippen MR) is 114 cm³/mol. The fourth-order valence-electron chi connectivity index (χ4n) is 2.93. The molecule has 0 aromatic heterocycles. The third-order valence-electron chi connectivity index (χ3n) is 4.32. The lowest BCUT2D eigenvalue weighted by atomic mass is 10.1. The number of carbonyl (C=O) groups excluding carboxylic acids is 3. The molecule has 28 heavy (non-hydrogen) atoms. The summed E-state index contributed by atoms with van der Waals surface area (Å²) in [6, 6.07) is 7.09. The second-order valence-corrected chi connectivity index (χ2v) is 8.28. The van der Waals surface area contributed by atoms with E-state index in [4.69, 9.17) is 0 Å². The highest BCUT2D eigenvalue weighted by Crippen LogP contribution is 2.16. The summed E-state index contributed by atoms with van der Waals surface area (Å²) in [5.41, 5.74) is 1.17. The van der Waals surface area contributed by atoms with Crippen LogP contribution in [0.3, 0.4) is 0 Å². The van der Waals surface area contributed by atoms with Gasteiger partial charge in [0.15, 0.2) is 0 Å². The van der Waals surface area contributed by atoms with E-state index < -0.39 is 0 Å². The van der Waals surface area contributed by atoms with E-state index in [-0.39, 0.29) is 36.9 Å². The molecule has 0 radical (unpaired) electrons.